The highest BCUT2D eigenvalue weighted by Crippen LogP contribution is 2.21. The molecule has 0 aliphatic carbocycles. The lowest BCUT2D eigenvalue weighted by molar-refractivity contribution is -0.134. The number of rotatable bonds is 5. The molecule has 2 atom stereocenters. The van der Waals surface area contributed by atoms with E-state index in [1.54, 1.807) is 4.90 Å². The number of likely N-dealkylation sites (N-methyl/N-ethyl adjacent to an activating group) is 1. The van der Waals surface area contributed by atoms with Gasteiger partial charge >= 0.3 is 6.09 Å². The first-order valence-electron chi connectivity index (χ1n) is 8.60. The second kappa shape index (κ2) is 7.99. The predicted octanol–water partition coefficient (Wildman–Crippen LogP) is 2.22. The summed E-state index contributed by atoms with van der Waals surface area (Å²) < 4.78 is 5.44. The molecule has 1 rings (SSSR count). The van der Waals surface area contributed by atoms with Gasteiger partial charge in [-0.1, -0.05) is 13.8 Å². The fourth-order valence-corrected chi connectivity index (χ4v) is 2.71. The lowest BCUT2D eigenvalue weighted by Crippen LogP contribution is -2.52. The zero-order chi connectivity index (χ0) is 17.8. The van der Waals surface area contributed by atoms with Gasteiger partial charge in [0.25, 0.3) is 0 Å². The molecule has 1 heterocycles. The second-order valence-electron chi connectivity index (χ2n) is 7.62. The summed E-state index contributed by atoms with van der Waals surface area (Å²) in [5, 5.41) is 0. The number of hydrogen-bond donors (Lipinski definition) is 1. The van der Waals surface area contributed by atoms with E-state index in [4.69, 9.17) is 10.5 Å². The molecule has 1 aliphatic heterocycles. The number of nitrogens with zero attached hydrogens (tertiary/aromatic N) is 2. The zero-order valence-corrected chi connectivity index (χ0v) is 15.5. The normalized spacial score (nSPS) is 19.8. The monoisotopic (exact) mass is 327 g/mol. The predicted molar refractivity (Wildman–Crippen MR) is 91.0 cm³/mol. The highest BCUT2D eigenvalue weighted by molar-refractivity contribution is 5.82. The number of amides is 2. The molecule has 0 spiro atoms. The van der Waals surface area contributed by atoms with Gasteiger partial charge in [-0.05, 0) is 46.5 Å². The van der Waals surface area contributed by atoms with Crippen molar-refractivity contribution >= 4 is 12.0 Å². The minimum atomic E-state index is -0.518. The van der Waals surface area contributed by atoms with Gasteiger partial charge in [-0.2, -0.15) is 0 Å². The first-order chi connectivity index (χ1) is 10.6. The number of likely N-dealkylation sites (tertiary alicyclic amines) is 1. The molecule has 1 aliphatic rings. The fraction of sp³-hybridized carbons (Fsp3) is 0.882. The van der Waals surface area contributed by atoms with Crippen LogP contribution in [0.2, 0.25) is 0 Å². The van der Waals surface area contributed by atoms with Gasteiger partial charge in [0.05, 0.1) is 6.04 Å². The van der Waals surface area contributed by atoms with Crippen LogP contribution in [0, 0.1) is 5.92 Å². The van der Waals surface area contributed by atoms with Crippen molar-refractivity contribution in [2.75, 3.05) is 19.6 Å². The third-order valence-corrected chi connectivity index (χ3v) is 4.13. The largest absolute Gasteiger partial charge is 0.444 e. The van der Waals surface area contributed by atoms with E-state index in [9.17, 15) is 9.59 Å². The van der Waals surface area contributed by atoms with Gasteiger partial charge in [0.2, 0.25) is 5.91 Å². The van der Waals surface area contributed by atoms with Crippen molar-refractivity contribution in [3.8, 4) is 0 Å². The fourth-order valence-electron chi connectivity index (χ4n) is 2.71. The third kappa shape index (κ3) is 5.68. The van der Waals surface area contributed by atoms with Crippen molar-refractivity contribution in [2.24, 2.45) is 11.7 Å². The highest BCUT2D eigenvalue weighted by Gasteiger charge is 2.35. The van der Waals surface area contributed by atoms with E-state index in [0.717, 1.165) is 19.4 Å². The van der Waals surface area contributed by atoms with Crippen LogP contribution in [-0.4, -0.2) is 59.1 Å². The van der Waals surface area contributed by atoms with E-state index in [1.807, 2.05) is 46.4 Å². The Kier molecular flexibility index (Phi) is 6.86. The topological polar surface area (TPSA) is 75.9 Å². The van der Waals surface area contributed by atoms with Gasteiger partial charge in [0, 0.05) is 25.7 Å². The minimum Gasteiger partial charge on any atom is -0.444 e. The summed E-state index contributed by atoms with van der Waals surface area (Å²) in [5.41, 5.74) is 5.49. The Labute approximate surface area is 140 Å². The third-order valence-electron chi connectivity index (χ3n) is 4.13. The standard InChI is InChI=1S/C17H33N3O3/c1-7-19(16(22)23-17(4,5)6)11-13-9-8-10-20(13)15(21)14(18)12(2)3/h12-14H,7-11,18H2,1-6H3/t13?,14-/m0/s1. The van der Waals surface area contributed by atoms with Crippen LogP contribution in [0.1, 0.15) is 54.4 Å². The summed E-state index contributed by atoms with van der Waals surface area (Å²) in [4.78, 5) is 28.3. The van der Waals surface area contributed by atoms with Crippen molar-refractivity contribution in [2.45, 2.75) is 72.1 Å². The van der Waals surface area contributed by atoms with Crippen LogP contribution in [0.3, 0.4) is 0 Å². The number of hydrogen-bond acceptors (Lipinski definition) is 4. The molecule has 0 bridgehead atoms. The van der Waals surface area contributed by atoms with E-state index < -0.39 is 11.6 Å². The van der Waals surface area contributed by atoms with Crippen LogP contribution in [-0.2, 0) is 9.53 Å². The van der Waals surface area contributed by atoms with Crippen molar-refractivity contribution in [3.05, 3.63) is 0 Å². The first kappa shape index (κ1) is 19.7. The Morgan fingerprint density at radius 1 is 1.35 bits per heavy atom. The second-order valence-corrected chi connectivity index (χ2v) is 7.62. The summed E-state index contributed by atoms with van der Waals surface area (Å²) in [5.74, 6) is 0.0969. The minimum absolute atomic E-state index is 0.0114. The van der Waals surface area contributed by atoms with Gasteiger partial charge in [-0.25, -0.2) is 4.79 Å². The van der Waals surface area contributed by atoms with Gasteiger partial charge in [-0.3, -0.25) is 4.79 Å². The molecule has 0 aromatic rings. The summed E-state index contributed by atoms with van der Waals surface area (Å²) in [6.45, 7) is 13.2. The molecule has 1 unspecified atom stereocenters. The molecule has 6 heteroatoms. The summed E-state index contributed by atoms with van der Waals surface area (Å²) in [6.07, 6.45) is 1.52. The quantitative estimate of drug-likeness (QED) is 0.840. The molecule has 0 aromatic carbocycles. The van der Waals surface area contributed by atoms with E-state index in [-0.39, 0.29) is 24.0 Å². The molecule has 2 N–H and O–H groups in total. The maximum atomic E-state index is 12.5. The Morgan fingerprint density at radius 3 is 2.43 bits per heavy atom. The highest BCUT2D eigenvalue weighted by atomic mass is 16.6. The molecule has 0 aromatic heterocycles. The summed E-state index contributed by atoms with van der Waals surface area (Å²) >= 11 is 0. The molecule has 134 valence electrons. The van der Waals surface area contributed by atoms with Crippen molar-refractivity contribution < 1.29 is 14.3 Å². The SMILES string of the molecule is CCN(CC1CCCN1C(=O)[C@@H](N)C(C)C)C(=O)OC(C)(C)C. The Balaban J connectivity index is 2.72. The molecule has 6 nitrogen and oxygen atoms in total. The number of ether oxygens (including phenoxy) is 1. The molecular formula is C17H33N3O3. The number of carbonyl (C=O) groups excluding carboxylic acids is 2. The van der Waals surface area contributed by atoms with E-state index in [2.05, 4.69) is 0 Å². The van der Waals surface area contributed by atoms with Crippen LogP contribution in [0.15, 0.2) is 0 Å². The molecular weight excluding hydrogens is 294 g/mol. The molecule has 0 radical (unpaired) electrons. The average molecular weight is 327 g/mol. The van der Waals surface area contributed by atoms with Crippen LogP contribution in [0.4, 0.5) is 4.79 Å². The van der Waals surface area contributed by atoms with Crippen LogP contribution in [0.5, 0.6) is 0 Å². The molecule has 2 amide bonds. The van der Waals surface area contributed by atoms with Gasteiger partial charge in [-0.15, -0.1) is 0 Å². The Morgan fingerprint density at radius 2 is 1.96 bits per heavy atom. The molecule has 0 saturated carbocycles. The van der Waals surface area contributed by atoms with Crippen LogP contribution < -0.4 is 5.73 Å². The number of carbonyl (C=O) groups is 2. The molecule has 1 fully saturated rings. The lowest BCUT2D eigenvalue weighted by atomic mass is 10.0. The maximum absolute atomic E-state index is 12.5. The Bertz CT molecular complexity index is 418. The van der Waals surface area contributed by atoms with Gasteiger partial charge in [0.1, 0.15) is 5.60 Å². The van der Waals surface area contributed by atoms with E-state index >= 15 is 0 Å². The molecule has 1 saturated heterocycles. The van der Waals surface area contributed by atoms with Gasteiger partial charge in [0.15, 0.2) is 0 Å². The first-order valence-corrected chi connectivity index (χ1v) is 8.60. The summed E-state index contributed by atoms with van der Waals surface area (Å²) in [7, 11) is 0. The zero-order valence-electron chi connectivity index (χ0n) is 15.5. The van der Waals surface area contributed by atoms with Crippen molar-refractivity contribution in [3.63, 3.8) is 0 Å². The van der Waals surface area contributed by atoms with E-state index in [1.165, 1.54) is 0 Å². The van der Waals surface area contributed by atoms with Crippen molar-refractivity contribution in [1.29, 1.82) is 0 Å². The van der Waals surface area contributed by atoms with Gasteiger partial charge < -0.3 is 20.3 Å². The smallest absolute Gasteiger partial charge is 0.410 e. The average Bonchev–Trinajstić information content (AvgIpc) is 2.88. The Hall–Kier alpha value is -1.30. The molecule has 23 heavy (non-hydrogen) atoms. The van der Waals surface area contributed by atoms with Crippen LogP contribution in [0.25, 0.3) is 0 Å². The van der Waals surface area contributed by atoms with Crippen molar-refractivity contribution in [1.82, 2.24) is 9.80 Å². The number of nitrogens with two attached hydrogens (primary N) is 1. The van der Waals surface area contributed by atoms with Crippen LogP contribution >= 0.6 is 0 Å². The van der Waals surface area contributed by atoms with E-state index in [0.29, 0.717) is 13.1 Å². The maximum Gasteiger partial charge on any atom is 0.410 e. The lowest BCUT2D eigenvalue weighted by Gasteiger charge is -2.33. The summed E-state index contributed by atoms with van der Waals surface area (Å²) in [6, 6.07) is -0.452.